The molecule has 8 heteroatoms. The van der Waals surface area contributed by atoms with Crippen LogP contribution in [0.25, 0.3) is 0 Å². The summed E-state index contributed by atoms with van der Waals surface area (Å²) in [6.07, 6.45) is 0. The van der Waals surface area contributed by atoms with Crippen LogP contribution in [0.2, 0.25) is 5.02 Å². The van der Waals surface area contributed by atoms with Gasteiger partial charge in [-0.25, -0.2) is 0 Å². The quantitative estimate of drug-likeness (QED) is 0.569. The SMILES string of the molecule is Cc1ccc([C@@H](C[NH+]2CCOCC2)NC(=O)c2ccc(Cl)cc2[N+](=O)[O-])cc1. The number of morpholine rings is 1. The molecule has 2 aromatic rings. The van der Waals surface area contributed by atoms with Crippen LogP contribution in [0.15, 0.2) is 42.5 Å². The number of nitro benzene ring substituents is 1. The number of hydrogen-bond donors (Lipinski definition) is 2. The highest BCUT2D eigenvalue weighted by Gasteiger charge is 2.26. The highest BCUT2D eigenvalue weighted by Crippen LogP contribution is 2.24. The minimum Gasteiger partial charge on any atom is -0.370 e. The first-order valence-corrected chi connectivity index (χ1v) is 9.54. The predicted octanol–water partition coefficient (Wildman–Crippen LogP) is 1.94. The first-order valence-electron chi connectivity index (χ1n) is 9.16. The molecule has 1 amide bonds. The number of nitrogens with zero attached hydrogens (tertiary/aromatic N) is 1. The maximum atomic E-state index is 12.9. The molecular weight excluding hydrogens is 382 g/mol. The van der Waals surface area contributed by atoms with E-state index in [-0.39, 0.29) is 22.3 Å². The van der Waals surface area contributed by atoms with Gasteiger partial charge in [-0.15, -0.1) is 0 Å². The second kappa shape index (κ2) is 9.14. The van der Waals surface area contributed by atoms with Crippen LogP contribution >= 0.6 is 11.6 Å². The molecule has 1 aliphatic rings. The lowest BCUT2D eigenvalue weighted by Gasteiger charge is -2.28. The van der Waals surface area contributed by atoms with Gasteiger partial charge in [0.2, 0.25) is 0 Å². The van der Waals surface area contributed by atoms with Crippen molar-refractivity contribution in [1.82, 2.24) is 5.32 Å². The maximum Gasteiger partial charge on any atom is 0.283 e. The van der Waals surface area contributed by atoms with Crippen molar-refractivity contribution in [2.24, 2.45) is 0 Å². The molecule has 1 fully saturated rings. The van der Waals surface area contributed by atoms with Crippen molar-refractivity contribution in [3.05, 3.63) is 74.3 Å². The van der Waals surface area contributed by atoms with E-state index in [1.165, 1.54) is 23.1 Å². The predicted molar refractivity (Wildman–Crippen MR) is 106 cm³/mol. The molecular formula is C20H23ClN3O4+. The van der Waals surface area contributed by atoms with E-state index in [1.54, 1.807) is 0 Å². The maximum absolute atomic E-state index is 12.9. The van der Waals surface area contributed by atoms with Crippen LogP contribution < -0.4 is 10.2 Å². The summed E-state index contributed by atoms with van der Waals surface area (Å²) in [6.45, 7) is 5.78. The van der Waals surface area contributed by atoms with Gasteiger partial charge in [-0.1, -0.05) is 41.4 Å². The Morgan fingerprint density at radius 2 is 1.93 bits per heavy atom. The molecule has 1 aliphatic heterocycles. The highest BCUT2D eigenvalue weighted by atomic mass is 35.5. The largest absolute Gasteiger partial charge is 0.370 e. The number of amides is 1. The Morgan fingerprint density at radius 1 is 1.25 bits per heavy atom. The molecule has 2 aromatic carbocycles. The number of carbonyl (C=O) groups is 1. The molecule has 28 heavy (non-hydrogen) atoms. The number of aryl methyl sites for hydroxylation is 1. The number of carbonyl (C=O) groups excluding carboxylic acids is 1. The van der Waals surface area contributed by atoms with Gasteiger partial charge in [0.1, 0.15) is 31.2 Å². The fourth-order valence-electron chi connectivity index (χ4n) is 3.29. The summed E-state index contributed by atoms with van der Waals surface area (Å²) in [6, 6.07) is 11.8. The Morgan fingerprint density at radius 3 is 2.57 bits per heavy atom. The Balaban J connectivity index is 1.85. The molecule has 0 unspecified atom stereocenters. The first kappa shape index (κ1) is 20.3. The van der Waals surface area contributed by atoms with Gasteiger partial charge in [-0.05, 0) is 24.6 Å². The van der Waals surface area contributed by atoms with E-state index < -0.39 is 10.8 Å². The molecule has 0 radical (unpaired) electrons. The smallest absolute Gasteiger partial charge is 0.283 e. The van der Waals surface area contributed by atoms with Crippen LogP contribution in [0.1, 0.15) is 27.5 Å². The second-order valence-electron chi connectivity index (χ2n) is 6.92. The number of quaternary nitrogens is 1. The molecule has 1 saturated heterocycles. The van der Waals surface area contributed by atoms with Crippen molar-refractivity contribution in [2.75, 3.05) is 32.8 Å². The van der Waals surface area contributed by atoms with E-state index in [0.29, 0.717) is 19.8 Å². The number of nitrogens with one attached hydrogen (secondary N) is 2. The number of rotatable bonds is 6. The summed E-state index contributed by atoms with van der Waals surface area (Å²) in [5, 5.41) is 14.5. The van der Waals surface area contributed by atoms with E-state index in [2.05, 4.69) is 5.32 Å². The fraction of sp³-hybridized carbons (Fsp3) is 0.350. The summed E-state index contributed by atoms with van der Waals surface area (Å²) in [5.74, 6) is -0.485. The third-order valence-corrected chi connectivity index (χ3v) is 5.11. The lowest BCUT2D eigenvalue weighted by Crippen LogP contribution is -3.14. The Bertz CT molecular complexity index is 851. The lowest BCUT2D eigenvalue weighted by atomic mass is 10.0. The molecule has 2 N–H and O–H groups in total. The van der Waals surface area contributed by atoms with Crippen LogP contribution in [0.4, 0.5) is 5.69 Å². The van der Waals surface area contributed by atoms with Crippen molar-refractivity contribution in [3.8, 4) is 0 Å². The van der Waals surface area contributed by atoms with Crippen molar-refractivity contribution < 1.29 is 19.4 Å². The molecule has 0 aliphatic carbocycles. The standard InChI is InChI=1S/C20H22ClN3O4/c1-14-2-4-15(5-3-14)18(13-23-8-10-28-11-9-23)22-20(25)17-7-6-16(21)12-19(17)24(26)27/h2-7,12,18H,8-11,13H2,1H3,(H,22,25)/p+1/t18-/m1/s1. The van der Waals surface area contributed by atoms with Crippen LogP contribution in [-0.4, -0.2) is 43.7 Å². The minimum atomic E-state index is -0.588. The van der Waals surface area contributed by atoms with Gasteiger partial charge in [0.15, 0.2) is 0 Å². The van der Waals surface area contributed by atoms with Crippen molar-refractivity contribution in [3.63, 3.8) is 0 Å². The molecule has 1 heterocycles. The zero-order valence-electron chi connectivity index (χ0n) is 15.6. The van der Waals surface area contributed by atoms with Gasteiger partial charge in [0, 0.05) is 11.1 Å². The van der Waals surface area contributed by atoms with E-state index in [0.717, 1.165) is 24.2 Å². The van der Waals surface area contributed by atoms with Gasteiger partial charge in [-0.2, -0.15) is 0 Å². The van der Waals surface area contributed by atoms with E-state index in [1.807, 2.05) is 31.2 Å². The monoisotopic (exact) mass is 404 g/mol. The average molecular weight is 405 g/mol. The molecule has 0 bridgehead atoms. The summed E-state index contributed by atoms with van der Waals surface area (Å²) >= 11 is 5.86. The summed E-state index contributed by atoms with van der Waals surface area (Å²) < 4.78 is 5.41. The van der Waals surface area contributed by atoms with Crippen molar-refractivity contribution >= 4 is 23.2 Å². The highest BCUT2D eigenvalue weighted by molar-refractivity contribution is 6.31. The minimum absolute atomic E-state index is 0.00323. The normalized spacial score (nSPS) is 15.8. The molecule has 7 nitrogen and oxygen atoms in total. The molecule has 0 aromatic heterocycles. The van der Waals surface area contributed by atoms with Gasteiger partial charge in [0.25, 0.3) is 11.6 Å². The zero-order chi connectivity index (χ0) is 20.1. The van der Waals surface area contributed by atoms with Gasteiger partial charge in [-0.3, -0.25) is 14.9 Å². The molecule has 148 valence electrons. The van der Waals surface area contributed by atoms with Gasteiger partial charge in [0.05, 0.1) is 18.1 Å². The average Bonchev–Trinajstić information content (AvgIpc) is 2.68. The number of ether oxygens (including phenoxy) is 1. The van der Waals surface area contributed by atoms with Crippen LogP contribution in [0, 0.1) is 17.0 Å². The number of halogens is 1. The number of benzene rings is 2. The number of nitro groups is 1. The van der Waals surface area contributed by atoms with Crippen molar-refractivity contribution in [1.29, 1.82) is 0 Å². The topological polar surface area (TPSA) is 85.9 Å². The molecule has 3 rings (SSSR count). The first-order chi connectivity index (χ1) is 13.4. The Labute approximate surface area is 168 Å². The summed E-state index contributed by atoms with van der Waals surface area (Å²) in [4.78, 5) is 25.0. The molecule has 1 atom stereocenters. The molecule has 0 spiro atoms. The number of hydrogen-bond acceptors (Lipinski definition) is 4. The van der Waals surface area contributed by atoms with E-state index in [9.17, 15) is 14.9 Å². The van der Waals surface area contributed by atoms with Crippen LogP contribution in [-0.2, 0) is 4.74 Å². The summed E-state index contributed by atoms with van der Waals surface area (Å²) in [5.41, 5.74) is 1.80. The van der Waals surface area contributed by atoms with Crippen molar-refractivity contribution in [2.45, 2.75) is 13.0 Å². The van der Waals surface area contributed by atoms with Gasteiger partial charge >= 0.3 is 0 Å². The fourth-order valence-corrected chi connectivity index (χ4v) is 3.45. The van der Waals surface area contributed by atoms with E-state index >= 15 is 0 Å². The third-order valence-electron chi connectivity index (χ3n) is 4.88. The van der Waals surface area contributed by atoms with E-state index in [4.69, 9.17) is 16.3 Å². The Hall–Kier alpha value is -2.48. The Kier molecular flexibility index (Phi) is 6.61. The van der Waals surface area contributed by atoms with Crippen LogP contribution in [0.5, 0.6) is 0 Å². The lowest BCUT2D eigenvalue weighted by molar-refractivity contribution is -0.909. The third kappa shape index (κ3) is 5.07. The second-order valence-corrected chi connectivity index (χ2v) is 7.36. The van der Waals surface area contributed by atoms with Gasteiger partial charge < -0.3 is 15.0 Å². The zero-order valence-corrected chi connectivity index (χ0v) is 16.4. The summed E-state index contributed by atoms with van der Waals surface area (Å²) in [7, 11) is 0. The van der Waals surface area contributed by atoms with Crippen LogP contribution in [0.3, 0.4) is 0 Å². The molecule has 0 saturated carbocycles.